The number of aliphatic hydroxyl groups excluding tert-OH is 6. The molecule has 0 bridgehead atoms. The van der Waals surface area contributed by atoms with Gasteiger partial charge in [0.05, 0.1) is 34.7 Å². The monoisotopic (exact) mass is 666 g/mol. The van der Waals surface area contributed by atoms with E-state index in [0.29, 0.717) is 22.5 Å². The maximum atomic E-state index is 14.8. The number of hydrogen-bond acceptors (Lipinski definition) is 10. The molecule has 2 amide bonds. The molecule has 0 aromatic heterocycles. The number of carbonyl (C=O) groups is 2. The van der Waals surface area contributed by atoms with Crippen LogP contribution in [0.25, 0.3) is 11.1 Å². The summed E-state index contributed by atoms with van der Waals surface area (Å²) in [5, 5.41) is 64.4. The zero-order valence-electron chi connectivity index (χ0n) is 28.4. The van der Waals surface area contributed by atoms with E-state index < -0.39 is 73.1 Å². The minimum absolute atomic E-state index is 0.0268. The lowest BCUT2D eigenvalue weighted by atomic mass is 9.83. The number of ether oxygens (including phenoxy) is 2. The van der Waals surface area contributed by atoms with Crippen LogP contribution in [0.2, 0.25) is 0 Å². The molecular weight excluding hydrogens is 620 g/mol. The largest absolute Gasteiger partial charge is 0.388 e. The first-order valence-electron chi connectivity index (χ1n) is 16.4. The molecule has 2 fully saturated rings. The van der Waals surface area contributed by atoms with Gasteiger partial charge in [0, 0.05) is 11.1 Å². The first kappa shape index (κ1) is 34.7. The molecule has 6 rings (SSSR count). The molecule has 260 valence electrons. The molecule has 12 nitrogen and oxygen atoms in total. The Bertz CT molecular complexity index is 1550. The van der Waals surface area contributed by atoms with Gasteiger partial charge in [-0.15, -0.1) is 0 Å². The zero-order chi connectivity index (χ0) is 35.4. The van der Waals surface area contributed by atoms with Crippen LogP contribution in [-0.4, -0.2) is 104 Å². The predicted octanol–water partition coefficient (Wildman–Crippen LogP) is 1.54. The first-order valence-corrected chi connectivity index (χ1v) is 16.4. The number of nitrogens with zero attached hydrogens (tertiary/aromatic N) is 2. The van der Waals surface area contributed by atoms with E-state index in [9.17, 15) is 40.2 Å². The molecule has 4 heterocycles. The smallest absolute Gasteiger partial charge is 0.262 e. The topological polar surface area (TPSA) is 180 Å². The number of aliphatic hydroxyl groups is 6. The number of amides is 2. The van der Waals surface area contributed by atoms with Crippen LogP contribution >= 0.6 is 0 Å². The Morgan fingerprint density at radius 2 is 0.875 bits per heavy atom. The summed E-state index contributed by atoms with van der Waals surface area (Å²) in [6.07, 6.45) is -14.0. The highest BCUT2D eigenvalue weighted by Crippen LogP contribution is 2.50. The van der Waals surface area contributed by atoms with Gasteiger partial charge in [0.15, 0.2) is 12.5 Å². The van der Waals surface area contributed by atoms with Gasteiger partial charge in [-0.25, -0.2) is 0 Å². The van der Waals surface area contributed by atoms with Crippen LogP contribution < -0.4 is 9.80 Å². The number of hydrogen-bond donors (Lipinski definition) is 6. The summed E-state index contributed by atoms with van der Waals surface area (Å²) < 4.78 is 11.9. The van der Waals surface area contributed by atoms with Crippen molar-refractivity contribution in [1.29, 1.82) is 0 Å². The maximum absolute atomic E-state index is 14.8. The molecule has 0 saturated carbocycles. The highest BCUT2D eigenvalue weighted by atomic mass is 16.6. The van der Waals surface area contributed by atoms with Crippen molar-refractivity contribution in [3.05, 3.63) is 58.7 Å². The molecule has 12 heteroatoms. The summed E-state index contributed by atoms with van der Waals surface area (Å²) in [5.74, 6) is -1.33. The highest BCUT2D eigenvalue weighted by Gasteiger charge is 2.54. The molecule has 0 unspecified atom stereocenters. The van der Waals surface area contributed by atoms with E-state index >= 15 is 0 Å². The second-order valence-corrected chi connectivity index (χ2v) is 15.5. The van der Waals surface area contributed by atoms with Crippen molar-refractivity contribution in [1.82, 2.24) is 0 Å². The van der Waals surface area contributed by atoms with Crippen LogP contribution in [0.5, 0.6) is 0 Å². The molecule has 0 radical (unpaired) electrons. The zero-order valence-corrected chi connectivity index (χ0v) is 28.4. The van der Waals surface area contributed by atoms with Gasteiger partial charge in [-0.05, 0) is 60.1 Å². The van der Waals surface area contributed by atoms with Crippen molar-refractivity contribution in [2.75, 3.05) is 9.80 Å². The van der Waals surface area contributed by atoms with E-state index in [-0.39, 0.29) is 22.0 Å². The second kappa shape index (κ2) is 11.7. The van der Waals surface area contributed by atoms with Crippen molar-refractivity contribution in [2.24, 2.45) is 0 Å². The fourth-order valence-corrected chi connectivity index (χ4v) is 6.99. The third kappa shape index (κ3) is 5.30. The summed E-state index contributed by atoms with van der Waals surface area (Å²) in [4.78, 5) is 32.0. The fourth-order valence-electron chi connectivity index (χ4n) is 6.99. The summed E-state index contributed by atoms with van der Waals surface area (Å²) >= 11 is 0. The highest BCUT2D eigenvalue weighted by molar-refractivity contribution is 6.50. The van der Waals surface area contributed by atoms with Crippen molar-refractivity contribution in [3.8, 4) is 0 Å². The third-order valence-corrected chi connectivity index (χ3v) is 10.1. The van der Waals surface area contributed by atoms with Gasteiger partial charge in [-0.2, -0.15) is 0 Å². The summed E-state index contributed by atoms with van der Waals surface area (Å²) in [6, 6.07) is 10.8. The van der Waals surface area contributed by atoms with Gasteiger partial charge in [0.2, 0.25) is 0 Å². The van der Waals surface area contributed by atoms with Crippen LogP contribution in [0.4, 0.5) is 11.4 Å². The van der Waals surface area contributed by atoms with E-state index in [1.165, 1.54) is 23.6 Å². The Morgan fingerprint density at radius 3 is 1.19 bits per heavy atom. The van der Waals surface area contributed by atoms with E-state index in [1.54, 1.807) is 12.1 Å². The lowest BCUT2D eigenvalue weighted by Crippen LogP contribution is -2.62. The van der Waals surface area contributed by atoms with Crippen LogP contribution in [0.15, 0.2) is 36.4 Å². The van der Waals surface area contributed by atoms with Gasteiger partial charge >= 0.3 is 0 Å². The van der Waals surface area contributed by atoms with Gasteiger partial charge in [-0.1, -0.05) is 53.7 Å². The third-order valence-electron chi connectivity index (χ3n) is 10.1. The standard InChI is InChI=1S/C36H46N2O10/c1-15-25(39)27(41)29(43)33(47-15)37-21-11-9-17(35(3,4)5)13-19(21)23(31(37)45)24-20-14-18(36(6,7)8)10-12-22(20)38(32(24)46)34-30(44)28(42)26(40)16(2)48-34/h9-16,25-30,33-34,39-44H,1-8H3/b24-23+/t15-,16-,25-,26-,27+,28+,29+,30+,33-,34-/m0/s1. The summed E-state index contributed by atoms with van der Waals surface area (Å²) in [7, 11) is 0. The molecule has 2 aromatic rings. The van der Waals surface area contributed by atoms with Gasteiger partial charge in [0.25, 0.3) is 11.8 Å². The minimum atomic E-state index is -1.67. The normalized spacial score (nSPS) is 35.7. The predicted molar refractivity (Wildman–Crippen MR) is 177 cm³/mol. The van der Waals surface area contributed by atoms with Crippen LogP contribution in [-0.2, 0) is 29.9 Å². The van der Waals surface area contributed by atoms with Crippen molar-refractivity contribution >= 4 is 34.3 Å². The van der Waals surface area contributed by atoms with Crippen LogP contribution in [0, 0.1) is 0 Å². The van der Waals surface area contributed by atoms with E-state index in [1.807, 2.05) is 65.8 Å². The van der Waals surface area contributed by atoms with Crippen molar-refractivity contribution in [2.45, 2.75) is 128 Å². The Labute approximate surface area is 279 Å². The molecule has 48 heavy (non-hydrogen) atoms. The maximum Gasteiger partial charge on any atom is 0.262 e. The van der Waals surface area contributed by atoms with Crippen molar-refractivity contribution in [3.63, 3.8) is 0 Å². The van der Waals surface area contributed by atoms with Gasteiger partial charge in [-0.3, -0.25) is 19.4 Å². The number of rotatable bonds is 2. The van der Waals surface area contributed by atoms with Crippen molar-refractivity contribution < 1.29 is 49.7 Å². The molecule has 0 spiro atoms. The second-order valence-electron chi connectivity index (χ2n) is 15.5. The quantitative estimate of drug-likeness (QED) is 0.258. The molecule has 0 aliphatic carbocycles. The van der Waals surface area contributed by atoms with Crippen LogP contribution in [0.1, 0.15) is 77.6 Å². The lowest BCUT2D eigenvalue weighted by molar-refractivity contribution is -0.216. The number of fused-ring (bicyclic) bond motifs is 2. The van der Waals surface area contributed by atoms with E-state index in [2.05, 4.69) is 0 Å². The van der Waals surface area contributed by atoms with E-state index in [0.717, 1.165) is 11.1 Å². The molecule has 6 N–H and O–H groups in total. The Morgan fingerprint density at radius 1 is 0.542 bits per heavy atom. The number of benzene rings is 2. The Hall–Kier alpha value is -3.20. The van der Waals surface area contributed by atoms with Crippen LogP contribution in [0.3, 0.4) is 0 Å². The average molecular weight is 667 g/mol. The molecule has 2 aromatic carbocycles. The molecule has 2 saturated heterocycles. The Balaban J connectivity index is 1.61. The summed E-state index contributed by atoms with van der Waals surface area (Å²) in [5.41, 5.74) is 2.58. The fraction of sp³-hybridized carbons (Fsp3) is 0.556. The van der Waals surface area contributed by atoms with E-state index in [4.69, 9.17) is 9.47 Å². The molecule has 4 aliphatic heterocycles. The Kier molecular flexibility index (Phi) is 8.45. The van der Waals surface area contributed by atoms with Gasteiger partial charge < -0.3 is 40.1 Å². The first-order chi connectivity index (χ1) is 22.2. The van der Waals surface area contributed by atoms with Gasteiger partial charge in [0.1, 0.15) is 36.6 Å². The number of carbonyl (C=O) groups excluding carboxylic acids is 2. The lowest BCUT2D eigenvalue weighted by Gasteiger charge is -2.43. The summed E-state index contributed by atoms with van der Waals surface area (Å²) in [6.45, 7) is 15.1. The molecular formula is C36H46N2O10. The minimum Gasteiger partial charge on any atom is -0.388 e. The molecule has 4 aliphatic rings. The number of anilines is 2. The molecule has 10 atom stereocenters. The average Bonchev–Trinajstić information content (AvgIpc) is 3.45. The SMILES string of the molecule is C[C@@H]1O[C@H](N2C(=O)/C(=C3/C(=O)N([C@H]4O[C@@H](C)[C@H](O)[C@@H](O)[C@H]4O)c4ccc(C(C)(C)C)cc43)c3cc(C(C)(C)C)ccc32)[C@H](O)[C@H](O)[C@H]1O.